The maximum absolute atomic E-state index is 13.9. The number of primary amides is 1. The molecule has 0 unspecified atom stereocenters. The summed E-state index contributed by atoms with van der Waals surface area (Å²) in [4.78, 5) is 26.4. The fraction of sp³-hybridized carbons (Fsp3) is 0.409. The zero-order valence-corrected chi connectivity index (χ0v) is 18.6. The number of carbonyl (C=O) groups excluding carboxylic acids is 2. The molecule has 10 nitrogen and oxygen atoms in total. The Balaban J connectivity index is 1.71. The highest BCUT2D eigenvalue weighted by molar-refractivity contribution is 6.02. The molecule has 0 aromatic carbocycles. The molecule has 2 amide bonds. The average Bonchev–Trinajstić information content (AvgIpc) is 3.50. The molecular formula is C22H25FN8O2. The van der Waals surface area contributed by atoms with E-state index in [0.29, 0.717) is 11.2 Å². The number of nitrogens with zero attached hydrogens (tertiary/aromatic N) is 6. The van der Waals surface area contributed by atoms with E-state index in [9.17, 15) is 19.2 Å². The molecule has 3 N–H and O–H groups in total. The van der Waals surface area contributed by atoms with Gasteiger partial charge in [0, 0.05) is 49.6 Å². The lowest BCUT2D eigenvalue weighted by Crippen LogP contribution is -2.40. The predicted octanol–water partition coefficient (Wildman–Crippen LogP) is 1.59. The number of carbonyl (C=O) groups is 2. The van der Waals surface area contributed by atoms with Crippen LogP contribution in [0, 0.1) is 22.7 Å². The molecule has 1 aliphatic rings. The van der Waals surface area contributed by atoms with Crippen molar-refractivity contribution in [3.8, 4) is 17.2 Å². The van der Waals surface area contributed by atoms with Crippen molar-refractivity contribution in [1.29, 1.82) is 5.26 Å². The number of anilines is 1. The third kappa shape index (κ3) is 4.00. The number of fused-ring (bicyclic) bond motifs is 1. The van der Waals surface area contributed by atoms with Crippen LogP contribution < -0.4 is 11.1 Å². The summed E-state index contributed by atoms with van der Waals surface area (Å²) in [5, 5.41) is 21.0. The number of aromatic nitrogens is 4. The fourth-order valence-electron chi connectivity index (χ4n) is 4.11. The monoisotopic (exact) mass is 452 g/mol. The minimum Gasteiger partial charge on any atom is -0.378 e. The largest absolute Gasteiger partial charge is 0.378 e. The second-order valence-corrected chi connectivity index (χ2v) is 8.87. The van der Waals surface area contributed by atoms with Gasteiger partial charge in [0.2, 0.25) is 5.91 Å². The molecule has 0 saturated carbocycles. The summed E-state index contributed by atoms with van der Waals surface area (Å²) in [5.74, 6) is -1.54. The van der Waals surface area contributed by atoms with Crippen molar-refractivity contribution in [3.05, 3.63) is 36.4 Å². The zero-order valence-electron chi connectivity index (χ0n) is 18.6. The van der Waals surface area contributed by atoms with E-state index in [2.05, 4.69) is 15.5 Å². The number of alkyl halides is 1. The quantitative estimate of drug-likeness (QED) is 0.583. The molecule has 2 atom stereocenters. The maximum Gasteiger partial charge on any atom is 0.252 e. The van der Waals surface area contributed by atoms with Crippen LogP contribution in [0.2, 0.25) is 0 Å². The van der Waals surface area contributed by atoms with Crippen LogP contribution in [0.25, 0.3) is 16.6 Å². The molecule has 0 radical (unpaired) electrons. The molecule has 1 saturated heterocycles. The first-order valence-corrected chi connectivity index (χ1v) is 10.5. The van der Waals surface area contributed by atoms with Gasteiger partial charge >= 0.3 is 0 Å². The van der Waals surface area contributed by atoms with Gasteiger partial charge in [0.1, 0.15) is 5.41 Å². The van der Waals surface area contributed by atoms with Gasteiger partial charge in [-0.2, -0.15) is 15.5 Å². The summed E-state index contributed by atoms with van der Waals surface area (Å²) in [6.07, 6.45) is 6.74. The molecule has 11 heteroatoms. The highest BCUT2D eigenvalue weighted by Crippen LogP contribution is 2.32. The van der Waals surface area contributed by atoms with Crippen LogP contribution in [-0.4, -0.2) is 61.9 Å². The lowest BCUT2D eigenvalue weighted by atomic mass is 9.94. The number of aryl methyl sites for hydroxylation is 1. The van der Waals surface area contributed by atoms with Crippen molar-refractivity contribution in [3.63, 3.8) is 0 Å². The van der Waals surface area contributed by atoms with E-state index < -0.39 is 30.0 Å². The van der Waals surface area contributed by atoms with Gasteiger partial charge < -0.3 is 16.0 Å². The van der Waals surface area contributed by atoms with E-state index in [1.165, 1.54) is 11.1 Å². The maximum atomic E-state index is 13.9. The number of likely N-dealkylation sites (tertiary alicyclic amines) is 1. The van der Waals surface area contributed by atoms with Gasteiger partial charge in [-0.05, 0) is 19.9 Å². The van der Waals surface area contributed by atoms with Crippen molar-refractivity contribution < 1.29 is 14.0 Å². The Labute approximate surface area is 189 Å². The van der Waals surface area contributed by atoms with Gasteiger partial charge in [0.05, 0.1) is 47.9 Å². The van der Waals surface area contributed by atoms with Gasteiger partial charge in [0.15, 0.2) is 0 Å². The van der Waals surface area contributed by atoms with Crippen LogP contribution in [-0.2, 0) is 11.8 Å². The summed E-state index contributed by atoms with van der Waals surface area (Å²) in [6.45, 7) is 2.79. The summed E-state index contributed by atoms with van der Waals surface area (Å²) in [6, 6.07) is 3.37. The molecule has 33 heavy (non-hydrogen) atoms. The Kier molecular flexibility index (Phi) is 5.53. The molecule has 0 bridgehead atoms. The number of halogens is 1. The minimum absolute atomic E-state index is 0.165. The second kappa shape index (κ2) is 8.20. The summed E-state index contributed by atoms with van der Waals surface area (Å²) < 4.78 is 17.2. The fourth-order valence-corrected chi connectivity index (χ4v) is 4.11. The molecular weight excluding hydrogens is 427 g/mol. The topological polar surface area (TPSA) is 134 Å². The van der Waals surface area contributed by atoms with Gasteiger partial charge in [-0.15, -0.1) is 0 Å². The SMILES string of the molecule is Cn1cc(-c2cc3c(N[C@@H]4CN(C(=O)C(C)(C)C#N)C[C@H]4CF)c(C(N)=O)cnn3c2)cn1. The standard InChI is InChI=1S/C22H25FN8O2/c1-22(2,12-24)21(33)30-9-14(5-23)17(11-30)28-19-16(20(25)32)7-27-31-10-13(4-18(19)31)15-6-26-29(3)8-15/h4,6-8,10,14,17,28H,5,9,11H2,1-3H3,(H2,25,32)/t14-,17-/m1/s1. The summed E-state index contributed by atoms with van der Waals surface area (Å²) in [5.41, 5.74) is 7.27. The van der Waals surface area contributed by atoms with Crippen molar-refractivity contribution in [2.24, 2.45) is 24.1 Å². The van der Waals surface area contributed by atoms with Crippen LogP contribution in [0.15, 0.2) is 30.9 Å². The Morgan fingerprint density at radius 1 is 1.27 bits per heavy atom. The molecule has 1 aliphatic heterocycles. The predicted molar refractivity (Wildman–Crippen MR) is 119 cm³/mol. The Hall–Kier alpha value is -3.94. The van der Waals surface area contributed by atoms with E-state index in [-0.39, 0.29) is 24.6 Å². The molecule has 1 fully saturated rings. The molecule has 4 rings (SSSR count). The summed E-state index contributed by atoms with van der Waals surface area (Å²) in [7, 11) is 1.81. The highest BCUT2D eigenvalue weighted by atomic mass is 19.1. The van der Waals surface area contributed by atoms with Crippen molar-refractivity contribution >= 4 is 23.0 Å². The molecule has 0 aliphatic carbocycles. The third-order valence-corrected chi connectivity index (χ3v) is 6.01. The normalized spacial score (nSPS) is 18.5. The van der Waals surface area contributed by atoms with Crippen molar-refractivity contribution in [1.82, 2.24) is 24.3 Å². The van der Waals surface area contributed by atoms with Crippen LogP contribution in [0.4, 0.5) is 10.1 Å². The third-order valence-electron chi connectivity index (χ3n) is 6.01. The van der Waals surface area contributed by atoms with Crippen LogP contribution in [0.1, 0.15) is 24.2 Å². The molecule has 3 aromatic heterocycles. The van der Waals surface area contributed by atoms with Crippen molar-refractivity contribution in [2.45, 2.75) is 19.9 Å². The Morgan fingerprint density at radius 3 is 2.64 bits per heavy atom. The first kappa shape index (κ1) is 22.3. The summed E-state index contributed by atoms with van der Waals surface area (Å²) >= 11 is 0. The van der Waals surface area contributed by atoms with E-state index in [1.54, 1.807) is 35.4 Å². The smallest absolute Gasteiger partial charge is 0.252 e. The van der Waals surface area contributed by atoms with E-state index >= 15 is 0 Å². The number of hydrogen-bond acceptors (Lipinski definition) is 6. The van der Waals surface area contributed by atoms with Crippen LogP contribution in [0.5, 0.6) is 0 Å². The second-order valence-electron chi connectivity index (χ2n) is 8.87. The number of nitriles is 1. The van der Waals surface area contributed by atoms with Gasteiger partial charge in [-0.3, -0.25) is 18.7 Å². The van der Waals surface area contributed by atoms with E-state index in [1.807, 2.05) is 25.4 Å². The van der Waals surface area contributed by atoms with Gasteiger partial charge in [0.25, 0.3) is 5.91 Å². The Morgan fingerprint density at radius 2 is 2.03 bits per heavy atom. The molecule has 3 aromatic rings. The molecule has 172 valence electrons. The lowest BCUT2D eigenvalue weighted by Gasteiger charge is -2.24. The van der Waals surface area contributed by atoms with Gasteiger partial charge in [-0.1, -0.05) is 0 Å². The Bertz CT molecular complexity index is 1270. The van der Waals surface area contributed by atoms with Gasteiger partial charge in [-0.25, -0.2) is 4.52 Å². The van der Waals surface area contributed by atoms with Crippen molar-refractivity contribution in [2.75, 3.05) is 25.1 Å². The first-order chi connectivity index (χ1) is 15.6. The highest BCUT2D eigenvalue weighted by Gasteiger charge is 2.41. The number of nitrogens with one attached hydrogen (secondary N) is 1. The van der Waals surface area contributed by atoms with E-state index in [0.717, 1.165) is 11.1 Å². The van der Waals surface area contributed by atoms with Crippen LogP contribution in [0.3, 0.4) is 0 Å². The number of amides is 2. The number of nitrogens with two attached hydrogens (primary N) is 1. The molecule has 4 heterocycles. The lowest BCUT2D eigenvalue weighted by molar-refractivity contribution is -0.136. The first-order valence-electron chi connectivity index (χ1n) is 10.5. The number of hydrogen-bond donors (Lipinski definition) is 2. The zero-order chi connectivity index (χ0) is 23.9. The van der Waals surface area contributed by atoms with Crippen LogP contribution >= 0.6 is 0 Å². The average molecular weight is 452 g/mol. The molecule has 0 spiro atoms. The van der Waals surface area contributed by atoms with E-state index in [4.69, 9.17) is 5.73 Å². The minimum atomic E-state index is -1.21. The number of rotatable bonds is 6.